The minimum Gasteiger partial charge on any atom is -0.306 e. The second-order valence-corrected chi connectivity index (χ2v) is 8.65. The maximum Gasteiger partial charge on any atom is 0.174 e. The molecule has 0 amide bonds. The van der Waals surface area contributed by atoms with Crippen LogP contribution in [0.2, 0.25) is 0 Å². The Morgan fingerprint density at radius 1 is 1.06 bits per heavy atom. The van der Waals surface area contributed by atoms with Crippen LogP contribution in [0.5, 0.6) is 0 Å². The Hall–Kier alpha value is -3.54. The zero-order chi connectivity index (χ0) is 22.2. The molecule has 162 valence electrons. The number of halogens is 1. The highest BCUT2D eigenvalue weighted by Crippen LogP contribution is 2.36. The fourth-order valence-corrected chi connectivity index (χ4v) is 4.53. The summed E-state index contributed by atoms with van der Waals surface area (Å²) in [6.45, 7) is 7.17. The first-order valence-electron chi connectivity index (χ1n) is 11.0. The van der Waals surface area contributed by atoms with Crippen LogP contribution < -0.4 is 0 Å². The van der Waals surface area contributed by atoms with Gasteiger partial charge in [0.05, 0.1) is 12.0 Å². The quantitative estimate of drug-likeness (QED) is 0.428. The Balaban J connectivity index is 1.41. The molecular weight excluding hydrogens is 401 g/mol. The van der Waals surface area contributed by atoms with Crippen LogP contribution in [0.3, 0.4) is 0 Å². The second-order valence-electron chi connectivity index (χ2n) is 8.65. The SMILES string of the molecule is Cc1cn(-c2ccc(/C=C/c3nc4n(n3)CC[C@H](C)C4c3ccc(F)cc3)cc2C)cn1. The van der Waals surface area contributed by atoms with Gasteiger partial charge in [0.15, 0.2) is 5.82 Å². The van der Waals surface area contributed by atoms with Crippen molar-refractivity contribution in [2.24, 2.45) is 5.92 Å². The first kappa shape index (κ1) is 20.4. The van der Waals surface area contributed by atoms with E-state index in [1.165, 1.54) is 17.7 Å². The molecule has 0 saturated heterocycles. The van der Waals surface area contributed by atoms with Gasteiger partial charge in [-0.3, -0.25) is 0 Å². The normalized spacial score (nSPS) is 18.2. The van der Waals surface area contributed by atoms with Crippen LogP contribution in [0.25, 0.3) is 17.8 Å². The molecule has 2 atom stereocenters. The number of hydrogen-bond acceptors (Lipinski definition) is 3. The number of nitrogens with zero attached hydrogens (tertiary/aromatic N) is 5. The van der Waals surface area contributed by atoms with Gasteiger partial charge in [0.1, 0.15) is 11.6 Å². The van der Waals surface area contributed by atoms with Crippen molar-refractivity contribution in [3.05, 3.63) is 94.8 Å². The fourth-order valence-electron chi connectivity index (χ4n) is 4.53. The summed E-state index contributed by atoms with van der Waals surface area (Å²) in [5.41, 5.74) is 5.47. The van der Waals surface area contributed by atoms with Gasteiger partial charge < -0.3 is 4.57 Å². The van der Waals surface area contributed by atoms with E-state index in [1.807, 2.05) is 53.0 Å². The number of hydrogen-bond donors (Lipinski definition) is 0. The Kier molecular flexibility index (Phi) is 5.21. The first-order valence-corrected chi connectivity index (χ1v) is 11.0. The van der Waals surface area contributed by atoms with Gasteiger partial charge in [-0.1, -0.05) is 31.2 Å². The van der Waals surface area contributed by atoms with Gasteiger partial charge in [0.2, 0.25) is 0 Å². The van der Waals surface area contributed by atoms with Gasteiger partial charge in [-0.15, -0.1) is 0 Å². The molecule has 0 fully saturated rings. The van der Waals surface area contributed by atoms with Crippen LogP contribution in [-0.4, -0.2) is 24.3 Å². The Morgan fingerprint density at radius 2 is 1.88 bits per heavy atom. The highest BCUT2D eigenvalue weighted by atomic mass is 19.1. The third kappa shape index (κ3) is 3.88. The van der Waals surface area contributed by atoms with E-state index in [2.05, 4.69) is 37.0 Å². The molecule has 0 radical (unpaired) electrons. The lowest BCUT2D eigenvalue weighted by atomic mass is 9.82. The second kappa shape index (κ2) is 8.19. The lowest BCUT2D eigenvalue weighted by Crippen LogP contribution is -2.24. The number of aromatic nitrogens is 5. The topological polar surface area (TPSA) is 48.5 Å². The third-order valence-electron chi connectivity index (χ3n) is 6.22. The number of rotatable bonds is 4. The summed E-state index contributed by atoms with van der Waals surface area (Å²) in [5, 5.41) is 4.72. The van der Waals surface area contributed by atoms with Crippen molar-refractivity contribution in [3.8, 4) is 5.69 Å². The van der Waals surface area contributed by atoms with Crippen molar-refractivity contribution in [1.82, 2.24) is 24.3 Å². The van der Waals surface area contributed by atoms with Crippen molar-refractivity contribution in [2.75, 3.05) is 0 Å². The molecule has 0 aliphatic carbocycles. The number of imidazole rings is 1. The predicted octanol–water partition coefficient (Wildman–Crippen LogP) is 5.56. The average Bonchev–Trinajstić information content (AvgIpc) is 3.39. The van der Waals surface area contributed by atoms with E-state index < -0.39 is 0 Å². The molecule has 3 heterocycles. The van der Waals surface area contributed by atoms with Crippen LogP contribution in [0.1, 0.15) is 53.3 Å². The molecule has 5 rings (SSSR count). The minimum absolute atomic E-state index is 0.124. The van der Waals surface area contributed by atoms with Crippen molar-refractivity contribution >= 4 is 12.2 Å². The fraction of sp³-hybridized carbons (Fsp3) is 0.269. The summed E-state index contributed by atoms with van der Waals surface area (Å²) in [5.74, 6) is 1.99. The molecule has 0 bridgehead atoms. The highest BCUT2D eigenvalue weighted by molar-refractivity contribution is 5.68. The van der Waals surface area contributed by atoms with Gasteiger partial charge >= 0.3 is 0 Å². The molecule has 6 heteroatoms. The summed E-state index contributed by atoms with van der Waals surface area (Å²) in [6, 6.07) is 13.1. The smallest absolute Gasteiger partial charge is 0.174 e. The lowest BCUT2D eigenvalue weighted by molar-refractivity contribution is 0.347. The maximum atomic E-state index is 13.4. The van der Waals surface area contributed by atoms with Crippen molar-refractivity contribution in [1.29, 1.82) is 0 Å². The number of aryl methyl sites for hydroxylation is 3. The van der Waals surface area contributed by atoms with Gasteiger partial charge in [-0.05, 0) is 73.2 Å². The van der Waals surface area contributed by atoms with E-state index >= 15 is 0 Å². The van der Waals surface area contributed by atoms with Crippen molar-refractivity contribution in [3.63, 3.8) is 0 Å². The van der Waals surface area contributed by atoms with Gasteiger partial charge in [0.25, 0.3) is 0 Å². The van der Waals surface area contributed by atoms with E-state index in [-0.39, 0.29) is 11.7 Å². The Morgan fingerprint density at radius 3 is 2.59 bits per heavy atom. The first-order chi connectivity index (χ1) is 15.5. The highest BCUT2D eigenvalue weighted by Gasteiger charge is 2.31. The molecule has 0 saturated carbocycles. The zero-order valence-electron chi connectivity index (χ0n) is 18.5. The molecule has 2 aromatic heterocycles. The minimum atomic E-state index is -0.216. The molecule has 5 nitrogen and oxygen atoms in total. The molecular formula is C26H26FN5. The molecule has 1 aliphatic heterocycles. The van der Waals surface area contributed by atoms with Crippen molar-refractivity contribution in [2.45, 2.75) is 39.7 Å². The van der Waals surface area contributed by atoms with Crippen LogP contribution >= 0.6 is 0 Å². The monoisotopic (exact) mass is 427 g/mol. The summed E-state index contributed by atoms with van der Waals surface area (Å²) >= 11 is 0. The summed E-state index contributed by atoms with van der Waals surface area (Å²) in [7, 11) is 0. The van der Waals surface area contributed by atoms with Crippen LogP contribution in [0.4, 0.5) is 4.39 Å². The number of fused-ring (bicyclic) bond motifs is 1. The van der Waals surface area contributed by atoms with E-state index in [9.17, 15) is 4.39 Å². The Labute approximate surface area is 187 Å². The van der Waals surface area contributed by atoms with Gasteiger partial charge in [-0.2, -0.15) is 5.10 Å². The average molecular weight is 428 g/mol. The molecule has 4 aromatic rings. The standard InChI is InChI=1S/C26H26FN5/c1-17-12-13-32-26(25(17)21-6-8-22(27)9-7-21)29-24(30-32)11-5-20-4-10-23(18(2)14-20)31-15-19(3)28-16-31/h4-11,14-17,25H,12-13H2,1-3H3/b11-5+/t17-,25?/m0/s1. The zero-order valence-corrected chi connectivity index (χ0v) is 18.5. The van der Waals surface area contributed by atoms with E-state index in [4.69, 9.17) is 10.1 Å². The molecule has 1 aliphatic rings. The van der Waals surface area contributed by atoms with E-state index in [0.717, 1.165) is 41.3 Å². The van der Waals surface area contributed by atoms with Crippen molar-refractivity contribution < 1.29 is 4.39 Å². The van der Waals surface area contributed by atoms with Crippen LogP contribution in [0.15, 0.2) is 55.0 Å². The lowest BCUT2D eigenvalue weighted by Gasteiger charge is -2.28. The molecule has 2 aromatic carbocycles. The molecule has 0 N–H and O–H groups in total. The van der Waals surface area contributed by atoms with E-state index in [1.54, 1.807) is 0 Å². The third-order valence-corrected chi connectivity index (χ3v) is 6.22. The Bertz CT molecular complexity index is 1280. The van der Waals surface area contributed by atoms with Crippen LogP contribution in [0, 0.1) is 25.6 Å². The van der Waals surface area contributed by atoms with E-state index in [0.29, 0.717) is 11.7 Å². The number of benzene rings is 2. The summed E-state index contributed by atoms with van der Waals surface area (Å²) in [4.78, 5) is 9.16. The van der Waals surface area contributed by atoms with Gasteiger partial charge in [-0.25, -0.2) is 19.0 Å². The summed E-state index contributed by atoms with van der Waals surface area (Å²) < 4.78 is 17.5. The summed E-state index contributed by atoms with van der Waals surface area (Å²) in [6.07, 6.45) is 8.90. The molecule has 0 spiro atoms. The molecule has 32 heavy (non-hydrogen) atoms. The van der Waals surface area contributed by atoms with Crippen LogP contribution in [-0.2, 0) is 6.54 Å². The van der Waals surface area contributed by atoms with Gasteiger partial charge in [0, 0.05) is 24.3 Å². The maximum absolute atomic E-state index is 13.4. The predicted molar refractivity (Wildman–Crippen MR) is 124 cm³/mol. The largest absolute Gasteiger partial charge is 0.306 e. The molecule has 1 unspecified atom stereocenters.